The van der Waals surface area contributed by atoms with Gasteiger partial charge < -0.3 is 20.1 Å². The lowest BCUT2D eigenvalue weighted by Gasteiger charge is -2.21. The Morgan fingerprint density at radius 1 is 1.30 bits per heavy atom. The number of hydrogen-bond donors (Lipinski definition) is 2. The number of nitrogens with one attached hydrogen (secondary N) is 1. The molecule has 0 atom stereocenters. The van der Waals surface area contributed by atoms with Gasteiger partial charge in [0, 0.05) is 19.3 Å². The van der Waals surface area contributed by atoms with E-state index >= 15 is 0 Å². The summed E-state index contributed by atoms with van der Waals surface area (Å²) in [5.41, 5.74) is 1.63. The Kier molecular flexibility index (Phi) is 6.69. The van der Waals surface area contributed by atoms with Crippen molar-refractivity contribution < 1.29 is 19.4 Å². The largest absolute Gasteiger partial charge is 0.480 e. The van der Waals surface area contributed by atoms with E-state index in [1.165, 1.54) is 4.90 Å². The lowest BCUT2D eigenvalue weighted by molar-refractivity contribution is -0.136. The van der Waals surface area contributed by atoms with Crippen molar-refractivity contribution in [1.82, 2.24) is 5.32 Å². The van der Waals surface area contributed by atoms with Crippen LogP contribution in [-0.4, -0.2) is 50.3 Å². The van der Waals surface area contributed by atoms with Crippen LogP contribution in [0.3, 0.4) is 0 Å². The maximum atomic E-state index is 12.1. The van der Waals surface area contributed by atoms with E-state index in [-0.39, 0.29) is 19.0 Å². The Balaban J connectivity index is 2.70. The van der Waals surface area contributed by atoms with Crippen LogP contribution in [0, 0.1) is 6.92 Å². The Labute approximate surface area is 118 Å². The van der Waals surface area contributed by atoms with Crippen molar-refractivity contribution in [2.24, 2.45) is 0 Å². The number of carboxylic acid groups (broad SMARTS) is 1. The molecular weight excluding hydrogens is 260 g/mol. The van der Waals surface area contributed by atoms with Gasteiger partial charge in [0.1, 0.15) is 6.54 Å². The van der Waals surface area contributed by atoms with Gasteiger partial charge in [-0.25, -0.2) is 0 Å². The van der Waals surface area contributed by atoms with Crippen LogP contribution in [0.2, 0.25) is 0 Å². The standard InChI is InChI=1S/C14H20N2O4/c1-11-3-5-12(6-4-11)16(10-14(18)19)13(17)9-15-7-8-20-2/h3-6,15H,7-10H2,1-2H3,(H,18,19). The average molecular weight is 280 g/mol. The Bertz CT molecular complexity index is 445. The van der Waals surface area contributed by atoms with Crippen molar-refractivity contribution >= 4 is 17.6 Å². The van der Waals surface area contributed by atoms with E-state index in [1.54, 1.807) is 19.2 Å². The van der Waals surface area contributed by atoms with Gasteiger partial charge in [-0.15, -0.1) is 0 Å². The van der Waals surface area contributed by atoms with Crippen molar-refractivity contribution in [3.63, 3.8) is 0 Å². The Hall–Kier alpha value is -1.92. The molecule has 0 heterocycles. The van der Waals surface area contributed by atoms with Gasteiger partial charge in [-0.1, -0.05) is 17.7 Å². The summed E-state index contributed by atoms with van der Waals surface area (Å²) in [7, 11) is 1.58. The Morgan fingerprint density at radius 3 is 2.50 bits per heavy atom. The predicted molar refractivity (Wildman–Crippen MR) is 75.9 cm³/mol. The molecule has 0 aliphatic heterocycles. The summed E-state index contributed by atoms with van der Waals surface area (Å²) in [4.78, 5) is 24.2. The number of anilines is 1. The van der Waals surface area contributed by atoms with E-state index < -0.39 is 5.97 Å². The SMILES string of the molecule is COCCNCC(=O)N(CC(=O)O)c1ccc(C)cc1. The van der Waals surface area contributed by atoms with Gasteiger partial charge in [0.2, 0.25) is 5.91 Å². The summed E-state index contributed by atoms with van der Waals surface area (Å²) in [5.74, 6) is -1.33. The predicted octanol–water partition coefficient (Wildman–Crippen LogP) is 0.649. The number of aliphatic carboxylic acids is 1. The second-order valence-corrected chi connectivity index (χ2v) is 4.38. The number of amides is 1. The molecule has 1 rings (SSSR count). The van der Waals surface area contributed by atoms with Crippen LogP contribution in [-0.2, 0) is 14.3 Å². The van der Waals surface area contributed by atoms with Crippen LogP contribution in [0.4, 0.5) is 5.69 Å². The highest BCUT2D eigenvalue weighted by molar-refractivity contribution is 5.98. The molecule has 1 aromatic carbocycles. The number of benzene rings is 1. The van der Waals surface area contributed by atoms with E-state index in [4.69, 9.17) is 9.84 Å². The number of aryl methyl sites for hydroxylation is 1. The van der Waals surface area contributed by atoms with E-state index in [2.05, 4.69) is 5.32 Å². The molecule has 1 aromatic rings. The fourth-order valence-corrected chi connectivity index (χ4v) is 1.65. The maximum absolute atomic E-state index is 12.1. The van der Waals surface area contributed by atoms with E-state index in [9.17, 15) is 9.59 Å². The number of nitrogens with zero attached hydrogens (tertiary/aromatic N) is 1. The minimum absolute atomic E-state index is 0.0739. The van der Waals surface area contributed by atoms with Crippen LogP contribution in [0.1, 0.15) is 5.56 Å². The van der Waals surface area contributed by atoms with Crippen LogP contribution < -0.4 is 10.2 Å². The maximum Gasteiger partial charge on any atom is 0.323 e. The van der Waals surface area contributed by atoms with E-state index in [0.717, 1.165) is 5.56 Å². The second kappa shape index (κ2) is 8.29. The van der Waals surface area contributed by atoms with E-state index in [0.29, 0.717) is 18.8 Å². The number of rotatable bonds is 8. The summed E-state index contributed by atoms with van der Waals surface area (Å²) in [6.07, 6.45) is 0. The lowest BCUT2D eigenvalue weighted by Crippen LogP contribution is -2.41. The quantitative estimate of drug-likeness (QED) is 0.684. The van der Waals surface area contributed by atoms with Crippen LogP contribution >= 0.6 is 0 Å². The van der Waals surface area contributed by atoms with Gasteiger partial charge in [-0.05, 0) is 19.1 Å². The molecule has 0 unspecified atom stereocenters. The zero-order chi connectivity index (χ0) is 15.0. The van der Waals surface area contributed by atoms with Gasteiger partial charge in [0.25, 0.3) is 0 Å². The van der Waals surface area contributed by atoms with Gasteiger partial charge in [-0.2, -0.15) is 0 Å². The molecule has 0 aliphatic rings. The molecule has 0 spiro atoms. The minimum atomic E-state index is -1.05. The molecule has 0 aliphatic carbocycles. The third-order valence-electron chi connectivity index (χ3n) is 2.70. The third-order valence-corrected chi connectivity index (χ3v) is 2.70. The number of carbonyl (C=O) groups excluding carboxylic acids is 1. The first kappa shape index (κ1) is 16.1. The molecule has 6 nitrogen and oxygen atoms in total. The zero-order valence-corrected chi connectivity index (χ0v) is 11.8. The number of hydrogen-bond acceptors (Lipinski definition) is 4. The van der Waals surface area contributed by atoms with E-state index in [1.807, 2.05) is 19.1 Å². The van der Waals surface area contributed by atoms with Crippen molar-refractivity contribution in [2.45, 2.75) is 6.92 Å². The van der Waals surface area contributed by atoms with Crippen molar-refractivity contribution in [1.29, 1.82) is 0 Å². The van der Waals surface area contributed by atoms with Gasteiger partial charge in [0.05, 0.1) is 13.2 Å². The normalized spacial score (nSPS) is 10.3. The summed E-state index contributed by atoms with van der Waals surface area (Å²) in [6.45, 7) is 2.69. The third kappa shape index (κ3) is 5.38. The first-order valence-corrected chi connectivity index (χ1v) is 6.33. The van der Waals surface area contributed by atoms with Crippen molar-refractivity contribution in [2.75, 3.05) is 38.3 Å². The minimum Gasteiger partial charge on any atom is -0.480 e. The lowest BCUT2D eigenvalue weighted by atomic mass is 10.2. The molecule has 1 amide bonds. The molecule has 0 radical (unpaired) electrons. The second-order valence-electron chi connectivity index (χ2n) is 4.38. The highest BCUT2D eigenvalue weighted by Gasteiger charge is 2.18. The fourth-order valence-electron chi connectivity index (χ4n) is 1.65. The molecule has 110 valence electrons. The summed E-state index contributed by atoms with van der Waals surface area (Å²) >= 11 is 0. The van der Waals surface area contributed by atoms with Gasteiger partial charge in [0.15, 0.2) is 0 Å². The summed E-state index contributed by atoms with van der Waals surface area (Å²) < 4.78 is 4.86. The first-order valence-electron chi connectivity index (χ1n) is 6.33. The molecule has 2 N–H and O–H groups in total. The van der Waals surface area contributed by atoms with Crippen LogP contribution in [0.5, 0.6) is 0 Å². The molecule has 6 heteroatoms. The van der Waals surface area contributed by atoms with Crippen molar-refractivity contribution in [3.8, 4) is 0 Å². The van der Waals surface area contributed by atoms with Crippen LogP contribution in [0.25, 0.3) is 0 Å². The monoisotopic (exact) mass is 280 g/mol. The number of ether oxygens (including phenoxy) is 1. The molecule has 0 aromatic heterocycles. The van der Waals surface area contributed by atoms with Gasteiger partial charge in [-0.3, -0.25) is 9.59 Å². The Morgan fingerprint density at radius 2 is 1.95 bits per heavy atom. The number of methoxy groups -OCH3 is 1. The highest BCUT2D eigenvalue weighted by atomic mass is 16.5. The number of carboxylic acids is 1. The molecule has 0 fully saturated rings. The topological polar surface area (TPSA) is 78.9 Å². The van der Waals surface area contributed by atoms with Crippen molar-refractivity contribution in [3.05, 3.63) is 29.8 Å². The van der Waals surface area contributed by atoms with Gasteiger partial charge >= 0.3 is 5.97 Å². The molecule has 20 heavy (non-hydrogen) atoms. The fraction of sp³-hybridized carbons (Fsp3) is 0.429. The number of carbonyl (C=O) groups is 2. The smallest absolute Gasteiger partial charge is 0.323 e. The first-order chi connectivity index (χ1) is 9.54. The molecule has 0 saturated carbocycles. The average Bonchev–Trinajstić information content (AvgIpc) is 2.42. The summed E-state index contributed by atoms with van der Waals surface area (Å²) in [6, 6.07) is 7.17. The highest BCUT2D eigenvalue weighted by Crippen LogP contribution is 2.15. The zero-order valence-electron chi connectivity index (χ0n) is 11.8. The molecular formula is C14H20N2O4. The van der Waals surface area contributed by atoms with Crippen LogP contribution in [0.15, 0.2) is 24.3 Å². The molecule has 0 bridgehead atoms. The molecule has 0 saturated heterocycles. The summed E-state index contributed by atoms with van der Waals surface area (Å²) in [5, 5.41) is 11.8.